The Morgan fingerprint density at radius 1 is 1.57 bits per heavy atom. The quantitative estimate of drug-likeness (QED) is 0.855. The molecule has 0 amide bonds. The zero-order chi connectivity index (χ0) is 10.1. The van der Waals surface area contributed by atoms with Gasteiger partial charge in [0.1, 0.15) is 5.75 Å². The van der Waals surface area contributed by atoms with Crippen molar-refractivity contribution in [2.24, 2.45) is 5.73 Å². The number of hydrogen-bond acceptors (Lipinski definition) is 3. The predicted molar refractivity (Wildman–Crippen MR) is 63.8 cm³/mol. The Hall–Kier alpha value is -0.190. The standard InChI is InChI=1S/C10H12BrNOS/c1-13-9-3-2-7(11)6-4-14-5-8(12)10(6)9/h2-3,8H,4-5,12H2,1H3. The van der Waals surface area contributed by atoms with Crippen LogP contribution < -0.4 is 10.5 Å². The third-order valence-electron chi connectivity index (χ3n) is 2.39. The molecule has 2 N–H and O–H groups in total. The fourth-order valence-electron chi connectivity index (χ4n) is 1.72. The molecule has 0 saturated carbocycles. The molecule has 0 spiro atoms. The minimum absolute atomic E-state index is 0.0937. The van der Waals surface area contributed by atoms with E-state index in [4.69, 9.17) is 10.5 Å². The highest BCUT2D eigenvalue weighted by Crippen LogP contribution is 2.40. The molecule has 0 saturated heterocycles. The van der Waals surface area contributed by atoms with Crippen LogP contribution in [0.1, 0.15) is 17.2 Å². The summed E-state index contributed by atoms with van der Waals surface area (Å²) in [6.07, 6.45) is 0. The van der Waals surface area contributed by atoms with Crippen molar-refractivity contribution in [2.75, 3.05) is 12.9 Å². The maximum absolute atomic E-state index is 6.07. The molecule has 1 aliphatic rings. The maximum Gasteiger partial charge on any atom is 0.124 e. The summed E-state index contributed by atoms with van der Waals surface area (Å²) in [5.41, 5.74) is 8.52. The van der Waals surface area contributed by atoms with Crippen LogP contribution >= 0.6 is 27.7 Å². The summed E-state index contributed by atoms with van der Waals surface area (Å²) >= 11 is 5.42. The minimum Gasteiger partial charge on any atom is -0.496 e. The van der Waals surface area contributed by atoms with Gasteiger partial charge in [0.25, 0.3) is 0 Å². The number of ether oxygens (including phenoxy) is 1. The average molecular weight is 274 g/mol. The van der Waals surface area contributed by atoms with Gasteiger partial charge in [-0.2, -0.15) is 11.8 Å². The van der Waals surface area contributed by atoms with Crippen LogP contribution in [0.5, 0.6) is 5.75 Å². The summed E-state index contributed by atoms with van der Waals surface area (Å²) in [5.74, 6) is 2.90. The van der Waals surface area contributed by atoms with Crippen molar-refractivity contribution in [1.82, 2.24) is 0 Å². The van der Waals surface area contributed by atoms with Gasteiger partial charge < -0.3 is 10.5 Å². The molecular formula is C10H12BrNOS. The normalized spacial score (nSPS) is 20.4. The highest BCUT2D eigenvalue weighted by molar-refractivity contribution is 9.10. The highest BCUT2D eigenvalue weighted by Gasteiger charge is 2.22. The highest BCUT2D eigenvalue weighted by atomic mass is 79.9. The van der Waals surface area contributed by atoms with Gasteiger partial charge in [-0.3, -0.25) is 0 Å². The molecule has 0 radical (unpaired) electrons. The van der Waals surface area contributed by atoms with Gasteiger partial charge in [0.05, 0.1) is 7.11 Å². The lowest BCUT2D eigenvalue weighted by atomic mass is 10.0. The lowest BCUT2D eigenvalue weighted by Gasteiger charge is -2.25. The van der Waals surface area contributed by atoms with Crippen molar-refractivity contribution >= 4 is 27.7 Å². The molecule has 2 nitrogen and oxygen atoms in total. The fourth-order valence-corrected chi connectivity index (χ4v) is 3.44. The monoisotopic (exact) mass is 273 g/mol. The largest absolute Gasteiger partial charge is 0.496 e. The second-order valence-corrected chi connectivity index (χ2v) is 5.15. The van der Waals surface area contributed by atoms with Crippen LogP contribution in [0, 0.1) is 0 Å². The molecule has 0 fully saturated rings. The Labute approximate surface area is 96.3 Å². The molecule has 1 atom stereocenters. The van der Waals surface area contributed by atoms with Crippen LogP contribution in [-0.2, 0) is 5.75 Å². The van der Waals surface area contributed by atoms with E-state index in [9.17, 15) is 0 Å². The van der Waals surface area contributed by atoms with Crippen molar-refractivity contribution < 1.29 is 4.74 Å². The minimum atomic E-state index is 0.0937. The third kappa shape index (κ3) is 1.66. The lowest BCUT2D eigenvalue weighted by Crippen LogP contribution is -2.20. The van der Waals surface area contributed by atoms with Crippen molar-refractivity contribution in [2.45, 2.75) is 11.8 Å². The van der Waals surface area contributed by atoms with Gasteiger partial charge in [-0.25, -0.2) is 0 Å². The van der Waals surface area contributed by atoms with Crippen molar-refractivity contribution in [3.63, 3.8) is 0 Å². The molecule has 1 aliphatic heterocycles. The topological polar surface area (TPSA) is 35.2 Å². The first-order valence-corrected chi connectivity index (χ1v) is 6.37. The second-order valence-electron chi connectivity index (χ2n) is 3.26. The van der Waals surface area contributed by atoms with E-state index in [0.29, 0.717) is 0 Å². The summed E-state index contributed by atoms with van der Waals surface area (Å²) < 4.78 is 6.46. The Morgan fingerprint density at radius 3 is 3.07 bits per heavy atom. The Kier molecular flexibility index (Phi) is 3.04. The van der Waals surface area contributed by atoms with E-state index in [2.05, 4.69) is 15.9 Å². The zero-order valence-electron chi connectivity index (χ0n) is 7.92. The van der Waals surface area contributed by atoms with Gasteiger partial charge in [-0.1, -0.05) is 15.9 Å². The smallest absolute Gasteiger partial charge is 0.124 e. The summed E-state index contributed by atoms with van der Waals surface area (Å²) in [4.78, 5) is 0. The van der Waals surface area contributed by atoms with E-state index in [1.54, 1.807) is 7.11 Å². The lowest BCUT2D eigenvalue weighted by molar-refractivity contribution is 0.406. The Balaban J connectivity index is 2.58. The number of nitrogens with two attached hydrogens (primary N) is 1. The first kappa shape index (κ1) is 10.3. The molecule has 1 aromatic carbocycles. The van der Waals surface area contributed by atoms with Gasteiger partial charge in [-0.15, -0.1) is 0 Å². The summed E-state index contributed by atoms with van der Waals surface area (Å²) in [5, 5.41) is 0. The average Bonchev–Trinajstić information content (AvgIpc) is 2.20. The molecule has 4 heteroatoms. The van der Waals surface area contributed by atoms with Crippen LogP contribution in [-0.4, -0.2) is 12.9 Å². The molecule has 0 aromatic heterocycles. The van der Waals surface area contributed by atoms with Crippen LogP contribution in [0.2, 0.25) is 0 Å². The van der Waals surface area contributed by atoms with Crippen LogP contribution in [0.3, 0.4) is 0 Å². The molecule has 0 aliphatic carbocycles. The van der Waals surface area contributed by atoms with Crippen LogP contribution in [0.15, 0.2) is 16.6 Å². The zero-order valence-corrected chi connectivity index (χ0v) is 10.3. The molecule has 0 bridgehead atoms. The number of halogens is 1. The molecular weight excluding hydrogens is 262 g/mol. The van der Waals surface area contributed by atoms with Gasteiger partial charge >= 0.3 is 0 Å². The molecule has 76 valence electrons. The number of benzene rings is 1. The van der Waals surface area contributed by atoms with Gasteiger partial charge in [0.2, 0.25) is 0 Å². The predicted octanol–water partition coefficient (Wildman–Crippen LogP) is 2.70. The first-order valence-electron chi connectivity index (χ1n) is 4.42. The van der Waals surface area contributed by atoms with E-state index >= 15 is 0 Å². The molecule has 1 aromatic rings. The number of hydrogen-bond donors (Lipinski definition) is 1. The van der Waals surface area contributed by atoms with E-state index in [0.717, 1.165) is 21.7 Å². The Bertz CT molecular complexity index is 356. The maximum atomic E-state index is 6.07. The van der Waals surface area contributed by atoms with Crippen molar-refractivity contribution in [3.05, 3.63) is 27.7 Å². The number of thioether (sulfide) groups is 1. The summed E-state index contributed by atoms with van der Waals surface area (Å²) in [6.45, 7) is 0. The summed E-state index contributed by atoms with van der Waals surface area (Å²) in [6, 6.07) is 4.09. The molecule has 2 rings (SSSR count). The second kappa shape index (κ2) is 4.13. The van der Waals surface area contributed by atoms with Crippen LogP contribution in [0.4, 0.5) is 0 Å². The van der Waals surface area contributed by atoms with Crippen LogP contribution in [0.25, 0.3) is 0 Å². The molecule has 1 heterocycles. The number of fused-ring (bicyclic) bond motifs is 1. The summed E-state index contributed by atoms with van der Waals surface area (Å²) in [7, 11) is 1.69. The SMILES string of the molecule is COc1ccc(Br)c2c1C(N)CSC2. The molecule has 1 unspecified atom stereocenters. The number of rotatable bonds is 1. The van der Waals surface area contributed by atoms with Gasteiger partial charge in [-0.05, 0) is 17.7 Å². The van der Waals surface area contributed by atoms with Gasteiger partial charge in [0, 0.05) is 27.6 Å². The van der Waals surface area contributed by atoms with E-state index in [1.165, 1.54) is 11.1 Å². The van der Waals surface area contributed by atoms with E-state index in [-0.39, 0.29) is 6.04 Å². The van der Waals surface area contributed by atoms with Crippen molar-refractivity contribution in [3.8, 4) is 5.75 Å². The van der Waals surface area contributed by atoms with E-state index in [1.807, 2.05) is 23.9 Å². The number of methoxy groups -OCH3 is 1. The van der Waals surface area contributed by atoms with Gasteiger partial charge in [0.15, 0.2) is 0 Å². The molecule has 14 heavy (non-hydrogen) atoms. The van der Waals surface area contributed by atoms with Crippen molar-refractivity contribution in [1.29, 1.82) is 0 Å². The fraction of sp³-hybridized carbons (Fsp3) is 0.400. The third-order valence-corrected chi connectivity index (χ3v) is 4.22. The Morgan fingerprint density at radius 2 is 2.36 bits per heavy atom. The van der Waals surface area contributed by atoms with E-state index < -0.39 is 0 Å². The first-order chi connectivity index (χ1) is 6.74.